The number of likely N-dealkylation sites (tertiary alicyclic amines) is 1. The van der Waals surface area contributed by atoms with Gasteiger partial charge in [0.05, 0.1) is 6.10 Å². The number of nitrogens with one attached hydrogen (secondary N) is 1. The minimum Gasteiger partial charge on any atom is -0.377 e. The fraction of sp³-hybridized carbons (Fsp3) is 0.650. The maximum Gasteiger partial charge on any atom is 0.321 e. The van der Waals surface area contributed by atoms with Crippen molar-refractivity contribution in [2.75, 3.05) is 25.5 Å². The van der Waals surface area contributed by atoms with Crippen LogP contribution in [0.1, 0.15) is 51.7 Å². The third-order valence-electron chi connectivity index (χ3n) is 5.68. The molecule has 2 amide bonds. The first kappa shape index (κ1) is 18.2. The molecule has 2 saturated heterocycles. The van der Waals surface area contributed by atoms with Crippen LogP contribution in [0.4, 0.5) is 10.5 Å². The fourth-order valence-electron chi connectivity index (χ4n) is 4.35. The Kier molecular flexibility index (Phi) is 5.64. The third-order valence-corrected chi connectivity index (χ3v) is 5.68. The van der Waals surface area contributed by atoms with E-state index in [0.29, 0.717) is 18.1 Å². The summed E-state index contributed by atoms with van der Waals surface area (Å²) in [7, 11) is 1.70. The zero-order chi connectivity index (χ0) is 18.0. The van der Waals surface area contributed by atoms with Crippen molar-refractivity contribution in [2.45, 2.75) is 64.3 Å². The molecule has 2 heterocycles. The number of rotatable bonds is 4. The average molecular weight is 345 g/mol. The second-order valence-electron chi connectivity index (χ2n) is 7.59. The van der Waals surface area contributed by atoms with E-state index < -0.39 is 0 Å². The van der Waals surface area contributed by atoms with Crippen LogP contribution in [-0.4, -0.2) is 54.2 Å². The number of hydrogen-bond donors (Lipinski definition) is 1. The highest BCUT2D eigenvalue weighted by Gasteiger charge is 2.39. The van der Waals surface area contributed by atoms with Gasteiger partial charge < -0.3 is 15.0 Å². The minimum atomic E-state index is 0.0125. The summed E-state index contributed by atoms with van der Waals surface area (Å²) in [6, 6.07) is 9.61. The van der Waals surface area contributed by atoms with Gasteiger partial charge in [-0.1, -0.05) is 12.1 Å². The number of hydrogen-bond acceptors (Lipinski definition) is 3. The monoisotopic (exact) mass is 345 g/mol. The fourth-order valence-corrected chi connectivity index (χ4v) is 4.35. The summed E-state index contributed by atoms with van der Waals surface area (Å²) in [5, 5.41) is 3.08. The maximum absolute atomic E-state index is 12.8. The molecule has 0 aliphatic carbocycles. The predicted molar refractivity (Wildman–Crippen MR) is 101 cm³/mol. The van der Waals surface area contributed by atoms with Gasteiger partial charge in [0.25, 0.3) is 0 Å². The number of nitrogens with zero attached hydrogens (tertiary/aromatic N) is 2. The first-order chi connectivity index (χ1) is 12.0. The van der Waals surface area contributed by atoms with Gasteiger partial charge in [0.1, 0.15) is 0 Å². The van der Waals surface area contributed by atoms with E-state index in [0.717, 1.165) is 30.8 Å². The summed E-state index contributed by atoms with van der Waals surface area (Å²) < 4.78 is 5.37. The molecule has 0 spiro atoms. The third kappa shape index (κ3) is 3.98. The molecule has 3 unspecified atom stereocenters. The van der Waals surface area contributed by atoms with Crippen LogP contribution in [-0.2, 0) is 4.74 Å². The van der Waals surface area contributed by atoms with E-state index in [-0.39, 0.29) is 12.1 Å². The van der Waals surface area contributed by atoms with Crippen molar-refractivity contribution in [3.05, 3.63) is 29.8 Å². The zero-order valence-electron chi connectivity index (χ0n) is 15.9. The van der Waals surface area contributed by atoms with Gasteiger partial charge in [0.2, 0.25) is 0 Å². The van der Waals surface area contributed by atoms with Crippen molar-refractivity contribution in [3.63, 3.8) is 0 Å². The molecule has 5 heteroatoms. The first-order valence-corrected chi connectivity index (χ1v) is 9.45. The second kappa shape index (κ2) is 7.75. The van der Waals surface area contributed by atoms with Crippen molar-refractivity contribution in [3.8, 4) is 0 Å². The van der Waals surface area contributed by atoms with Crippen LogP contribution < -0.4 is 5.32 Å². The lowest BCUT2D eigenvalue weighted by Crippen LogP contribution is -2.45. The average Bonchev–Trinajstić information content (AvgIpc) is 2.88. The van der Waals surface area contributed by atoms with Crippen molar-refractivity contribution < 1.29 is 9.53 Å². The first-order valence-electron chi connectivity index (χ1n) is 9.45. The lowest BCUT2D eigenvalue weighted by atomic mass is 10.1. The van der Waals surface area contributed by atoms with Crippen molar-refractivity contribution in [1.82, 2.24) is 9.80 Å². The van der Waals surface area contributed by atoms with Crippen LogP contribution in [0.25, 0.3) is 0 Å². The summed E-state index contributed by atoms with van der Waals surface area (Å²) in [6.45, 7) is 8.21. The Morgan fingerprint density at radius 2 is 1.96 bits per heavy atom. The molecule has 3 rings (SSSR count). The van der Waals surface area contributed by atoms with E-state index in [1.807, 2.05) is 36.1 Å². The molecule has 1 N–H and O–H groups in total. The normalized spacial score (nSPS) is 25.1. The van der Waals surface area contributed by atoms with Gasteiger partial charge in [-0.15, -0.1) is 0 Å². The molecule has 5 nitrogen and oxygen atoms in total. The predicted octanol–water partition coefficient (Wildman–Crippen LogP) is 3.87. The van der Waals surface area contributed by atoms with Crippen LogP contribution in [0.5, 0.6) is 0 Å². The topological polar surface area (TPSA) is 44.8 Å². The highest BCUT2D eigenvalue weighted by molar-refractivity contribution is 5.89. The molecular weight excluding hydrogens is 314 g/mol. The smallest absolute Gasteiger partial charge is 0.321 e. The molecule has 0 radical (unpaired) electrons. The summed E-state index contributed by atoms with van der Waals surface area (Å²) in [5.74, 6) is 0. The van der Waals surface area contributed by atoms with Gasteiger partial charge in [-0.05, 0) is 57.7 Å². The molecule has 0 aromatic heterocycles. The SMILES string of the molecule is COC(C)c1cccc(NC(=O)N2CCC3CCC(C2)N3C(C)C)c1. The van der Waals surface area contributed by atoms with Gasteiger partial charge in [-0.3, -0.25) is 4.90 Å². The number of carbonyl (C=O) groups is 1. The molecular formula is C20H31N3O2. The lowest BCUT2D eigenvalue weighted by Gasteiger charge is -2.32. The molecule has 0 saturated carbocycles. The minimum absolute atomic E-state index is 0.0125. The highest BCUT2D eigenvalue weighted by Crippen LogP contribution is 2.32. The van der Waals surface area contributed by atoms with Crippen LogP contribution in [0.15, 0.2) is 24.3 Å². The Morgan fingerprint density at radius 1 is 1.20 bits per heavy atom. The Balaban J connectivity index is 1.66. The Hall–Kier alpha value is -1.59. The summed E-state index contributed by atoms with van der Waals surface area (Å²) in [4.78, 5) is 17.4. The molecule has 3 atom stereocenters. The molecule has 25 heavy (non-hydrogen) atoms. The van der Waals surface area contributed by atoms with Crippen LogP contribution in [0, 0.1) is 0 Å². The number of benzene rings is 1. The van der Waals surface area contributed by atoms with Crippen LogP contribution in [0.2, 0.25) is 0 Å². The van der Waals surface area contributed by atoms with E-state index >= 15 is 0 Å². The quantitative estimate of drug-likeness (QED) is 0.901. The molecule has 1 aromatic carbocycles. The Bertz CT molecular complexity index is 604. The molecule has 2 fully saturated rings. The van der Waals surface area contributed by atoms with Crippen LogP contribution in [0.3, 0.4) is 0 Å². The Morgan fingerprint density at radius 3 is 2.68 bits per heavy atom. The number of amides is 2. The standard InChI is InChI=1S/C20H31N3O2/c1-14(2)23-18-8-9-19(23)13-22(11-10-18)20(24)21-17-7-5-6-16(12-17)15(3)25-4/h5-7,12,14-15,18-19H,8-11,13H2,1-4H3,(H,21,24). The molecule has 1 aromatic rings. The van der Waals surface area contributed by atoms with Gasteiger partial charge >= 0.3 is 6.03 Å². The van der Waals surface area contributed by atoms with Gasteiger partial charge in [-0.25, -0.2) is 4.79 Å². The van der Waals surface area contributed by atoms with Gasteiger partial charge in [0.15, 0.2) is 0 Å². The summed E-state index contributed by atoms with van der Waals surface area (Å²) in [6.07, 6.45) is 3.57. The van der Waals surface area contributed by atoms with E-state index in [1.54, 1.807) is 7.11 Å². The number of ether oxygens (including phenoxy) is 1. The summed E-state index contributed by atoms with van der Waals surface area (Å²) in [5.41, 5.74) is 1.91. The molecule has 2 bridgehead atoms. The number of urea groups is 1. The largest absolute Gasteiger partial charge is 0.377 e. The van der Waals surface area contributed by atoms with Crippen LogP contribution >= 0.6 is 0 Å². The molecule has 2 aliphatic rings. The molecule has 2 aliphatic heterocycles. The number of methoxy groups -OCH3 is 1. The van der Waals surface area contributed by atoms with Crippen molar-refractivity contribution in [1.29, 1.82) is 0 Å². The number of anilines is 1. The summed E-state index contributed by atoms with van der Waals surface area (Å²) >= 11 is 0. The van der Waals surface area contributed by atoms with E-state index in [4.69, 9.17) is 4.74 Å². The lowest BCUT2D eigenvalue weighted by molar-refractivity contribution is 0.119. The Labute approximate surface area is 151 Å². The van der Waals surface area contributed by atoms with Crippen molar-refractivity contribution in [2.24, 2.45) is 0 Å². The number of carbonyl (C=O) groups excluding carboxylic acids is 1. The van der Waals surface area contributed by atoms with E-state index in [1.165, 1.54) is 12.8 Å². The molecule has 138 valence electrons. The second-order valence-corrected chi connectivity index (χ2v) is 7.59. The maximum atomic E-state index is 12.8. The van der Waals surface area contributed by atoms with Gasteiger partial charge in [-0.2, -0.15) is 0 Å². The van der Waals surface area contributed by atoms with E-state index in [9.17, 15) is 4.79 Å². The van der Waals surface area contributed by atoms with Crippen molar-refractivity contribution >= 4 is 11.7 Å². The number of fused-ring (bicyclic) bond motifs is 2. The highest BCUT2D eigenvalue weighted by atomic mass is 16.5. The van der Waals surface area contributed by atoms with Gasteiger partial charge in [0, 0.05) is 44.0 Å². The zero-order valence-corrected chi connectivity index (χ0v) is 15.9. The van der Waals surface area contributed by atoms with E-state index in [2.05, 4.69) is 24.1 Å².